The van der Waals surface area contributed by atoms with Crippen LogP contribution >= 0.6 is 23.2 Å². The predicted octanol–water partition coefficient (Wildman–Crippen LogP) is 4.56. The molecule has 1 heterocycles. The average molecular weight is 420 g/mol. The third kappa shape index (κ3) is 4.82. The molecule has 0 bridgehead atoms. The summed E-state index contributed by atoms with van der Waals surface area (Å²) in [7, 11) is 0. The number of hydrogen-bond acceptors (Lipinski definition) is 5. The fourth-order valence-electron chi connectivity index (χ4n) is 2.32. The molecule has 1 aromatic heterocycles. The zero-order valence-corrected chi connectivity index (χ0v) is 16.2. The van der Waals surface area contributed by atoms with Gasteiger partial charge in [0.25, 0.3) is 11.8 Å². The lowest BCUT2D eigenvalue weighted by atomic mass is 10.1. The van der Waals surface area contributed by atoms with Gasteiger partial charge in [0.05, 0.1) is 16.3 Å². The Balaban J connectivity index is 1.66. The molecule has 0 spiro atoms. The molecule has 7 nitrogen and oxygen atoms in total. The summed E-state index contributed by atoms with van der Waals surface area (Å²) in [5.74, 6) is 0.226. The summed E-state index contributed by atoms with van der Waals surface area (Å²) in [6.45, 7) is 1.40. The largest absolute Gasteiger partial charge is 0.482 e. The standard InChI is InChI=1S/C19H15Cl2N3O4/c1-11-9-16(24-28-11)23-19(26)12-5-2-3-7-14(12)22-17(25)10-27-15-8-4-6-13(20)18(15)21/h2-9H,10H2,1H3,(H,22,25)(H,23,24,26). The van der Waals surface area contributed by atoms with Gasteiger partial charge >= 0.3 is 0 Å². The van der Waals surface area contributed by atoms with Crippen molar-refractivity contribution in [3.05, 3.63) is 69.9 Å². The summed E-state index contributed by atoms with van der Waals surface area (Å²) < 4.78 is 10.3. The highest BCUT2D eigenvalue weighted by atomic mass is 35.5. The third-order valence-electron chi connectivity index (χ3n) is 3.59. The van der Waals surface area contributed by atoms with E-state index in [2.05, 4.69) is 15.8 Å². The van der Waals surface area contributed by atoms with Crippen molar-refractivity contribution in [2.45, 2.75) is 6.92 Å². The summed E-state index contributed by atoms with van der Waals surface area (Å²) in [6, 6.07) is 13.0. The first-order chi connectivity index (χ1) is 13.4. The van der Waals surface area contributed by atoms with E-state index < -0.39 is 11.8 Å². The smallest absolute Gasteiger partial charge is 0.262 e. The Morgan fingerprint density at radius 3 is 2.64 bits per heavy atom. The number of aromatic nitrogens is 1. The van der Waals surface area contributed by atoms with Gasteiger partial charge in [0, 0.05) is 6.07 Å². The van der Waals surface area contributed by atoms with E-state index in [1.807, 2.05) is 0 Å². The van der Waals surface area contributed by atoms with E-state index in [9.17, 15) is 9.59 Å². The topological polar surface area (TPSA) is 93.5 Å². The molecule has 0 atom stereocenters. The van der Waals surface area contributed by atoms with Crippen LogP contribution in [0.4, 0.5) is 11.5 Å². The molecule has 0 saturated carbocycles. The normalized spacial score (nSPS) is 10.4. The van der Waals surface area contributed by atoms with Gasteiger partial charge in [0.2, 0.25) is 0 Å². The van der Waals surface area contributed by atoms with Gasteiger partial charge in [-0.2, -0.15) is 0 Å². The molecule has 0 aliphatic heterocycles. The number of nitrogens with zero attached hydrogens (tertiary/aromatic N) is 1. The van der Waals surface area contributed by atoms with E-state index in [-0.39, 0.29) is 28.8 Å². The number of benzene rings is 2. The van der Waals surface area contributed by atoms with Gasteiger partial charge in [-0.05, 0) is 31.2 Å². The lowest BCUT2D eigenvalue weighted by Gasteiger charge is -2.12. The Kier molecular flexibility index (Phi) is 6.18. The maximum Gasteiger partial charge on any atom is 0.262 e. The summed E-state index contributed by atoms with van der Waals surface area (Å²) in [4.78, 5) is 24.7. The van der Waals surface area contributed by atoms with Crippen molar-refractivity contribution in [1.82, 2.24) is 5.16 Å². The number of amides is 2. The molecule has 28 heavy (non-hydrogen) atoms. The minimum absolute atomic E-state index is 0.222. The van der Waals surface area contributed by atoms with Crippen LogP contribution in [-0.2, 0) is 4.79 Å². The SMILES string of the molecule is Cc1cc(NC(=O)c2ccccc2NC(=O)COc2cccc(Cl)c2Cl)no1. The maximum atomic E-state index is 12.5. The lowest BCUT2D eigenvalue weighted by Crippen LogP contribution is -2.23. The van der Waals surface area contributed by atoms with Crippen LogP contribution in [0.5, 0.6) is 5.75 Å². The van der Waals surface area contributed by atoms with Gasteiger partial charge in [0.1, 0.15) is 16.5 Å². The van der Waals surface area contributed by atoms with Crippen molar-refractivity contribution in [1.29, 1.82) is 0 Å². The Hall–Kier alpha value is -3.03. The second-order valence-corrected chi connectivity index (χ2v) is 6.50. The van der Waals surface area contributed by atoms with Crippen LogP contribution in [0.3, 0.4) is 0 Å². The van der Waals surface area contributed by atoms with E-state index in [4.69, 9.17) is 32.5 Å². The number of carbonyl (C=O) groups is 2. The van der Waals surface area contributed by atoms with Crippen LogP contribution in [-0.4, -0.2) is 23.6 Å². The Morgan fingerprint density at radius 1 is 1.11 bits per heavy atom. The highest BCUT2D eigenvalue weighted by molar-refractivity contribution is 6.42. The molecule has 0 radical (unpaired) electrons. The lowest BCUT2D eigenvalue weighted by molar-refractivity contribution is -0.118. The van der Waals surface area contributed by atoms with Crippen LogP contribution in [0.2, 0.25) is 10.0 Å². The number of ether oxygens (including phenoxy) is 1. The van der Waals surface area contributed by atoms with E-state index in [1.165, 1.54) is 0 Å². The Morgan fingerprint density at radius 2 is 1.89 bits per heavy atom. The minimum Gasteiger partial charge on any atom is -0.482 e. The molecular weight excluding hydrogens is 405 g/mol. The third-order valence-corrected chi connectivity index (χ3v) is 4.39. The molecule has 2 aromatic carbocycles. The zero-order chi connectivity index (χ0) is 20.1. The highest BCUT2D eigenvalue weighted by Crippen LogP contribution is 2.31. The van der Waals surface area contributed by atoms with E-state index in [0.717, 1.165) is 0 Å². The van der Waals surface area contributed by atoms with Gasteiger partial charge in [-0.1, -0.05) is 46.6 Å². The number of nitrogens with one attached hydrogen (secondary N) is 2. The summed E-state index contributed by atoms with van der Waals surface area (Å²) in [5.41, 5.74) is 0.586. The van der Waals surface area contributed by atoms with Crippen LogP contribution in [0.15, 0.2) is 53.1 Å². The minimum atomic E-state index is -0.464. The summed E-state index contributed by atoms with van der Waals surface area (Å²) in [5, 5.41) is 9.51. The molecule has 144 valence electrons. The highest BCUT2D eigenvalue weighted by Gasteiger charge is 2.15. The van der Waals surface area contributed by atoms with Gasteiger partial charge in [0.15, 0.2) is 12.4 Å². The molecule has 2 amide bonds. The molecule has 9 heteroatoms. The zero-order valence-electron chi connectivity index (χ0n) is 14.7. The van der Waals surface area contributed by atoms with Crippen molar-refractivity contribution in [2.75, 3.05) is 17.2 Å². The van der Waals surface area contributed by atoms with Gasteiger partial charge < -0.3 is 19.9 Å². The van der Waals surface area contributed by atoms with Gasteiger partial charge in [-0.25, -0.2) is 0 Å². The van der Waals surface area contributed by atoms with Gasteiger partial charge in [-0.3, -0.25) is 9.59 Å². The number of para-hydroxylation sites is 1. The Labute approximate surface area is 170 Å². The van der Waals surface area contributed by atoms with Gasteiger partial charge in [-0.15, -0.1) is 0 Å². The number of aryl methyl sites for hydroxylation is 1. The summed E-state index contributed by atoms with van der Waals surface area (Å²) >= 11 is 11.9. The van der Waals surface area contributed by atoms with E-state index in [1.54, 1.807) is 55.5 Å². The van der Waals surface area contributed by atoms with Crippen molar-refractivity contribution >= 4 is 46.5 Å². The molecule has 0 aliphatic carbocycles. The molecule has 0 aliphatic rings. The van der Waals surface area contributed by atoms with Crippen LogP contribution in [0.1, 0.15) is 16.1 Å². The van der Waals surface area contributed by atoms with E-state index in [0.29, 0.717) is 16.5 Å². The molecule has 0 fully saturated rings. The van der Waals surface area contributed by atoms with Crippen molar-refractivity contribution in [3.8, 4) is 5.75 Å². The number of anilines is 2. The van der Waals surface area contributed by atoms with Crippen LogP contribution < -0.4 is 15.4 Å². The molecule has 0 saturated heterocycles. The molecule has 3 rings (SSSR count). The summed E-state index contributed by atoms with van der Waals surface area (Å²) in [6.07, 6.45) is 0. The first-order valence-corrected chi connectivity index (χ1v) is 8.90. The van der Waals surface area contributed by atoms with Crippen molar-refractivity contribution in [3.63, 3.8) is 0 Å². The first-order valence-electron chi connectivity index (χ1n) is 8.14. The maximum absolute atomic E-state index is 12.5. The molecular formula is C19H15Cl2N3O4. The average Bonchev–Trinajstić information content (AvgIpc) is 3.08. The Bertz CT molecular complexity index is 1020. The fraction of sp³-hybridized carbons (Fsp3) is 0.105. The van der Waals surface area contributed by atoms with E-state index >= 15 is 0 Å². The monoisotopic (exact) mass is 419 g/mol. The van der Waals surface area contributed by atoms with Crippen LogP contribution in [0, 0.1) is 6.92 Å². The molecule has 0 unspecified atom stereocenters. The number of rotatable bonds is 6. The predicted molar refractivity (Wildman–Crippen MR) is 106 cm³/mol. The second kappa shape index (κ2) is 8.77. The first kappa shape index (κ1) is 19.7. The van der Waals surface area contributed by atoms with Crippen LogP contribution in [0.25, 0.3) is 0 Å². The quantitative estimate of drug-likeness (QED) is 0.610. The number of hydrogen-bond donors (Lipinski definition) is 2. The fourth-order valence-corrected chi connectivity index (χ4v) is 2.67. The van der Waals surface area contributed by atoms with Crippen molar-refractivity contribution in [2.24, 2.45) is 0 Å². The molecule has 2 N–H and O–H groups in total. The number of halogens is 2. The number of carbonyl (C=O) groups excluding carboxylic acids is 2. The molecule has 3 aromatic rings. The second-order valence-electron chi connectivity index (χ2n) is 5.71. The van der Waals surface area contributed by atoms with Crippen molar-refractivity contribution < 1.29 is 18.8 Å².